The van der Waals surface area contributed by atoms with Crippen LogP contribution in [-0.2, 0) is 10.0 Å². The van der Waals surface area contributed by atoms with Gasteiger partial charge in [0.25, 0.3) is 5.91 Å². The van der Waals surface area contributed by atoms with Gasteiger partial charge in [-0.3, -0.25) is 4.79 Å². The van der Waals surface area contributed by atoms with Crippen molar-refractivity contribution in [3.8, 4) is 5.75 Å². The average Bonchev–Trinajstić information content (AvgIpc) is 3.36. The third-order valence-corrected chi connectivity index (χ3v) is 8.32. The lowest BCUT2D eigenvalue weighted by Crippen LogP contribution is -2.31. The highest BCUT2D eigenvalue weighted by atomic mass is 32.2. The Balaban J connectivity index is 1.70. The molecule has 194 valence electrons. The summed E-state index contributed by atoms with van der Waals surface area (Å²) in [7, 11) is -2.21. The molecule has 38 heavy (non-hydrogen) atoms. The second-order valence-electron chi connectivity index (χ2n) is 8.03. The zero-order valence-corrected chi connectivity index (χ0v) is 22.4. The number of aromatic nitrogens is 1. The summed E-state index contributed by atoms with van der Waals surface area (Å²) >= 11 is 1.29. The largest absolute Gasteiger partial charge is 0.497 e. The lowest BCUT2D eigenvalue weighted by molar-refractivity contribution is 0.0987. The summed E-state index contributed by atoms with van der Waals surface area (Å²) in [6.45, 7) is 7.52. The molecular formula is C28H26N4O4S2. The first-order valence-corrected chi connectivity index (χ1v) is 13.8. The van der Waals surface area contributed by atoms with Crippen LogP contribution in [0.1, 0.15) is 15.9 Å². The predicted molar refractivity (Wildman–Crippen MR) is 153 cm³/mol. The summed E-state index contributed by atoms with van der Waals surface area (Å²) in [4.78, 5) is 18.3. The lowest BCUT2D eigenvalue weighted by atomic mass is 10.2. The van der Waals surface area contributed by atoms with E-state index in [9.17, 15) is 13.2 Å². The van der Waals surface area contributed by atoms with E-state index in [4.69, 9.17) is 4.74 Å². The van der Waals surface area contributed by atoms with Gasteiger partial charge in [-0.15, -0.1) is 13.2 Å². The van der Waals surface area contributed by atoms with Gasteiger partial charge in [-0.05, 0) is 48.0 Å². The number of ether oxygens (including phenoxy) is 1. The maximum absolute atomic E-state index is 13.6. The minimum atomic E-state index is -3.80. The Bertz CT molecular complexity index is 1570. The van der Waals surface area contributed by atoms with E-state index in [1.54, 1.807) is 19.4 Å². The second kappa shape index (κ2) is 12.0. The Kier molecular flexibility index (Phi) is 8.47. The van der Waals surface area contributed by atoms with Gasteiger partial charge >= 0.3 is 0 Å². The van der Waals surface area contributed by atoms with Gasteiger partial charge in [-0.2, -0.15) is 14.4 Å². The van der Waals surface area contributed by atoms with Gasteiger partial charge in [-0.1, -0.05) is 53.8 Å². The van der Waals surface area contributed by atoms with Crippen LogP contribution < -0.4 is 9.75 Å². The van der Waals surface area contributed by atoms with Crippen LogP contribution >= 0.6 is 11.3 Å². The zero-order valence-electron chi connectivity index (χ0n) is 20.7. The van der Waals surface area contributed by atoms with Gasteiger partial charge in [0, 0.05) is 18.7 Å². The molecule has 3 aromatic carbocycles. The van der Waals surface area contributed by atoms with Crippen molar-refractivity contribution in [2.24, 2.45) is 5.10 Å². The quantitative estimate of drug-likeness (QED) is 0.144. The van der Waals surface area contributed by atoms with Gasteiger partial charge < -0.3 is 4.74 Å². The molecule has 0 aliphatic carbocycles. The number of hydrazone groups is 1. The smallest absolute Gasteiger partial charge is 0.280 e. The molecule has 0 N–H and O–H groups in total. The maximum Gasteiger partial charge on any atom is 0.280 e. The van der Waals surface area contributed by atoms with Gasteiger partial charge in [0.05, 0.1) is 28.4 Å². The van der Waals surface area contributed by atoms with Gasteiger partial charge in [-0.25, -0.2) is 13.4 Å². The van der Waals surface area contributed by atoms with E-state index in [1.165, 1.54) is 57.1 Å². The maximum atomic E-state index is 13.6. The second-order valence-corrected chi connectivity index (χ2v) is 11.0. The van der Waals surface area contributed by atoms with Gasteiger partial charge in [0.15, 0.2) is 0 Å². The van der Waals surface area contributed by atoms with Crippen molar-refractivity contribution in [3.05, 3.63) is 109 Å². The molecular weight excluding hydrogens is 520 g/mol. The molecule has 0 radical (unpaired) electrons. The van der Waals surface area contributed by atoms with Crippen LogP contribution in [0.15, 0.2) is 108 Å². The highest BCUT2D eigenvalue weighted by molar-refractivity contribution is 7.89. The summed E-state index contributed by atoms with van der Waals surface area (Å²) in [5, 5.41) is 6.04. The van der Waals surface area contributed by atoms with Crippen molar-refractivity contribution >= 4 is 48.8 Å². The van der Waals surface area contributed by atoms with E-state index < -0.39 is 15.9 Å². The summed E-state index contributed by atoms with van der Waals surface area (Å²) in [6, 6.07) is 20.6. The summed E-state index contributed by atoms with van der Waals surface area (Å²) in [6.07, 6.45) is 4.59. The fourth-order valence-corrected chi connectivity index (χ4v) is 5.89. The summed E-state index contributed by atoms with van der Waals surface area (Å²) < 4.78 is 33.5. The third-order valence-electron chi connectivity index (χ3n) is 5.48. The van der Waals surface area contributed by atoms with Crippen LogP contribution in [-0.4, -0.2) is 50.0 Å². The van der Waals surface area contributed by atoms with E-state index in [0.717, 1.165) is 10.3 Å². The van der Waals surface area contributed by atoms with Crippen molar-refractivity contribution < 1.29 is 17.9 Å². The van der Waals surface area contributed by atoms with Crippen LogP contribution in [0.5, 0.6) is 5.75 Å². The standard InChI is InChI=1S/C28H26N4O4S2/c1-4-17-31(18-5-2)38(34,35)24-14-11-22(12-15-24)27(33)32(29-20-21-9-7-6-8-10-21)28-30-25-16-13-23(36-3)19-26(25)37-28/h4-16,19-20H,1-2,17-18H2,3H3/b29-20+. The lowest BCUT2D eigenvalue weighted by Gasteiger charge is -2.19. The van der Waals surface area contributed by atoms with E-state index in [0.29, 0.717) is 16.4 Å². The molecule has 0 aliphatic rings. The molecule has 1 amide bonds. The molecule has 0 spiro atoms. The van der Waals surface area contributed by atoms with Crippen molar-refractivity contribution in [3.63, 3.8) is 0 Å². The molecule has 1 aromatic heterocycles. The minimum Gasteiger partial charge on any atom is -0.497 e. The Labute approximate surface area is 225 Å². The number of amides is 1. The molecule has 0 saturated heterocycles. The monoisotopic (exact) mass is 546 g/mol. The molecule has 0 fully saturated rings. The SMILES string of the molecule is C=CCN(CC=C)S(=O)(=O)c1ccc(C(=O)N(/N=C/c2ccccc2)c2nc3ccc(OC)cc3s2)cc1. The number of benzene rings is 3. The average molecular weight is 547 g/mol. The number of methoxy groups -OCH3 is 1. The molecule has 1 heterocycles. The molecule has 8 nitrogen and oxygen atoms in total. The fourth-order valence-electron chi connectivity index (χ4n) is 3.56. The number of carbonyl (C=O) groups excluding carboxylic acids is 1. The normalized spacial score (nSPS) is 11.6. The van der Waals surface area contributed by atoms with Gasteiger partial charge in [0.1, 0.15) is 5.75 Å². The first-order chi connectivity index (χ1) is 18.4. The number of hydrogen-bond acceptors (Lipinski definition) is 7. The Morgan fingerprint density at radius 1 is 1.03 bits per heavy atom. The van der Waals surface area contributed by atoms with E-state index in [1.807, 2.05) is 42.5 Å². The summed E-state index contributed by atoms with van der Waals surface area (Å²) in [5.41, 5.74) is 1.76. The number of hydrogen-bond donors (Lipinski definition) is 0. The van der Waals surface area contributed by atoms with Crippen molar-refractivity contribution in [1.29, 1.82) is 0 Å². The fraction of sp³-hybridized carbons (Fsp3) is 0.107. The number of thiazole rings is 1. The molecule has 10 heteroatoms. The van der Waals surface area contributed by atoms with E-state index in [-0.39, 0.29) is 23.5 Å². The van der Waals surface area contributed by atoms with Crippen LogP contribution in [0, 0.1) is 0 Å². The van der Waals surface area contributed by atoms with E-state index in [2.05, 4.69) is 23.2 Å². The molecule has 0 bridgehead atoms. The highest BCUT2D eigenvalue weighted by Crippen LogP contribution is 2.32. The molecule has 0 saturated carbocycles. The number of carbonyl (C=O) groups is 1. The number of sulfonamides is 1. The number of rotatable bonds is 11. The predicted octanol–water partition coefficient (Wildman–Crippen LogP) is 5.35. The Hall–Kier alpha value is -4.12. The number of nitrogens with zero attached hydrogens (tertiary/aromatic N) is 4. The zero-order chi connectivity index (χ0) is 27.1. The molecule has 0 aliphatic heterocycles. The topological polar surface area (TPSA) is 92.2 Å². The molecule has 4 aromatic rings. The van der Waals surface area contributed by atoms with Crippen LogP contribution in [0.25, 0.3) is 10.2 Å². The summed E-state index contributed by atoms with van der Waals surface area (Å²) in [5.74, 6) is 0.221. The molecule has 0 unspecified atom stereocenters. The highest BCUT2D eigenvalue weighted by Gasteiger charge is 2.25. The molecule has 0 atom stereocenters. The number of fused-ring (bicyclic) bond motifs is 1. The first kappa shape index (κ1) is 26.9. The molecule has 4 rings (SSSR count). The van der Waals surface area contributed by atoms with Crippen molar-refractivity contribution in [2.45, 2.75) is 4.90 Å². The van der Waals surface area contributed by atoms with E-state index >= 15 is 0 Å². The van der Waals surface area contributed by atoms with Crippen molar-refractivity contribution in [2.75, 3.05) is 25.2 Å². The van der Waals surface area contributed by atoms with Crippen LogP contribution in [0.4, 0.5) is 5.13 Å². The van der Waals surface area contributed by atoms with Gasteiger partial charge in [0.2, 0.25) is 15.2 Å². The van der Waals surface area contributed by atoms with Crippen LogP contribution in [0.3, 0.4) is 0 Å². The third kappa shape index (κ3) is 5.88. The first-order valence-electron chi connectivity index (χ1n) is 11.6. The minimum absolute atomic E-state index is 0.0594. The van der Waals surface area contributed by atoms with Crippen molar-refractivity contribution in [1.82, 2.24) is 9.29 Å². The Morgan fingerprint density at radius 2 is 1.71 bits per heavy atom. The Morgan fingerprint density at radius 3 is 2.34 bits per heavy atom. The van der Waals surface area contributed by atoms with Crippen LogP contribution in [0.2, 0.25) is 0 Å². The number of anilines is 1.